The maximum absolute atomic E-state index is 11.9. The van der Waals surface area contributed by atoms with Crippen LogP contribution in [0.4, 0.5) is 0 Å². The van der Waals surface area contributed by atoms with Gasteiger partial charge in [0.05, 0.1) is 6.61 Å². The Balaban J connectivity index is 1.38. The predicted molar refractivity (Wildman–Crippen MR) is 145 cm³/mol. The van der Waals surface area contributed by atoms with E-state index in [4.69, 9.17) is 18.3 Å². The van der Waals surface area contributed by atoms with Gasteiger partial charge in [0.2, 0.25) is 11.8 Å². The molecule has 0 bridgehead atoms. The molecule has 2 aromatic carbocycles. The highest BCUT2D eigenvalue weighted by molar-refractivity contribution is 14.1. The van der Waals surface area contributed by atoms with E-state index in [1.165, 1.54) is 4.57 Å². The number of halogens is 1. The van der Waals surface area contributed by atoms with Crippen molar-refractivity contribution in [3.05, 3.63) is 93.8 Å². The lowest BCUT2D eigenvalue weighted by molar-refractivity contribution is 0.266. The predicted octanol–water partition coefficient (Wildman–Crippen LogP) is 5.50. The molecule has 0 amide bonds. The Labute approximate surface area is 222 Å². The quantitative estimate of drug-likeness (QED) is 0.169. The van der Waals surface area contributed by atoms with Crippen molar-refractivity contribution >= 4 is 34.7 Å². The maximum Gasteiger partial charge on any atom is 0.422 e. The van der Waals surface area contributed by atoms with Gasteiger partial charge in [-0.2, -0.15) is 0 Å². The molecule has 0 unspecified atom stereocenters. The van der Waals surface area contributed by atoms with E-state index < -0.39 is 5.76 Å². The van der Waals surface area contributed by atoms with Crippen LogP contribution in [0, 0.1) is 0 Å². The van der Waals surface area contributed by atoms with E-state index in [0.29, 0.717) is 53.5 Å². The average molecular weight is 602 g/mol. The number of oxazole rings is 2. The summed E-state index contributed by atoms with van der Waals surface area (Å²) in [6.07, 6.45) is 6.27. The minimum absolute atomic E-state index is 0.104. The molecule has 188 valence electrons. The van der Waals surface area contributed by atoms with Crippen molar-refractivity contribution in [3.8, 4) is 17.4 Å². The molecule has 0 saturated carbocycles. The molecule has 8 nitrogen and oxygen atoms in total. The molecule has 0 aliphatic heterocycles. The summed E-state index contributed by atoms with van der Waals surface area (Å²) in [6.45, 7) is 3.02. The van der Waals surface area contributed by atoms with Crippen LogP contribution in [0.5, 0.6) is 17.4 Å². The van der Waals surface area contributed by atoms with Crippen molar-refractivity contribution in [3.63, 3.8) is 0 Å². The van der Waals surface area contributed by atoms with Gasteiger partial charge in [-0.25, -0.2) is 14.3 Å². The van der Waals surface area contributed by atoms with Gasteiger partial charge in [-0.1, -0.05) is 59.0 Å². The third-order valence-electron chi connectivity index (χ3n) is 5.36. The number of hydrogen-bond acceptors (Lipinski definition) is 7. The van der Waals surface area contributed by atoms with Crippen LogP contribution in [0.2, 0.25) is 0 Å². The Morgan fingerprint density at radius 2 is 1.92 bits per heavy atom. The Hall–Kier alpha value is -3.47. The van der Waals surface area contributed by atoms with Crippen molar-refractivity contribution in [2.24, 2.45) is 0 Å². The number of aromatic hydroxyl groups is 1. The van der Waals surface area contributed by atoms with Gasteiger partial charge in [-0.15, -0.1) is 0 Å². The number of hydrogen-bond donors (Lipinski definition) is 1. The van der Waals surface area contributed by atoms with Gasteiger partial charge in [0, 0.05) is 23.5 Å². The summed E-state index contributed by atoms with van der Waals surface area (Å²) >= 11 is 2.15. The van der Waals surface area contributed by atoms with Crippen molar-refractivity contribution in [1.82, 2.24) is 9.55 Å². The van der Waals surface area contributed by atoms with Crippen LogP contribution in [-0.4, -0.2) is 25.7 Å². The van der Waals surface area contributed by atoms with Gasteiger partial charge >= 0.3 is 5.76 Å². The number of benzene rings is 2. The zero-order valence-corrected chi connectivity index (χ0v) is 22.0. The highest BCUT2D eigenvalue weighted by Gasteiger charge is 2.16. The third kappa shape index (κ3) is 6.60. The first-order chi connectivity index (χ1) is 17.6. The second-order valence-electron chi connectivity index (χ2n) is 7.88. The first kappa shape index (κ1) is 25.6. The molecule has 0 radical (unpaired) electrons. The molecule has 4 rings (SSSR count). The molecule has 9 heteroatoms. The highest BCUT2D eigenvalue weighted by Crippen LogP contribution is 2.30. The summed E-state index contributed by atoms with van der Waals surface area (Å²) in [7, 11) is 0. The lowest BCUT2D eigenvalue weighted by atomic mass is 10.1. The SMILES string of the molecule is CCOc1cc(CCc2oc(=O)n(CCI)c2O)ccc1OCc1coc(C=Cc2ccccc2)n1. The fraction of sp³-hybridized carbons (Fsp3) is 0.259. The summed E-state index contributed by atoms with van der Waals surface area (Å²) in [5, 5.41) is 10.3. The minimum atomic E-state index is -0.538. The van der Waals surface area contributed by atoms with Crippen molar-refractivity contribution < 1.29 is 23.4 Å². The van der Waals surface area contributed by atoms with Crippen LogP contribution >= 0.6 is 22.6 Å². The van der Waals surface area contributed by atoms with Crippen LogP contribution in [-0.2, 0) is 26.0 Å². The lowest BCUT2D eigenvalue weighted by Crippen LogP contribution is -2.14. The molecule has 0 fully saturated rings. The molecule has 0 atom stereocenters. The minimum Gasteiger partial charge on any atom is -0.492 e. The van der Waals surface area contributed by atoms with Crippen molar-refractivity contribution in [2.75, 3.05) is 11.0 Å². The standard InChI is InChI=1S/C27H27IN2O6/c1-2-33-24-16-20(9-12-23-26(31)30(15-14-28)27(32)36-23)8-11-22(24)34-17-21-18-35-25(29-21)13-10-19-6-4-3-5-7-19/h3-8,10-11,13,16,18,31H,2,9,12,14-15,17H2,1H3. The summed E-state index contributed by atoms with van der Waals surface area (Å²) in [4.78, 5) is 16.4. The molecule has 0 saturated heterocycles. The lowest BCUT2D eigenvalue weighted by Gasteiger charge is -2.12. The first-order valence-corrected chi connectivity index (χ1v) is 13.1. The molecule has 1 N–H and O–H groups in total. The van der Waals surface area contributed by atoms with Crippen LogP contribution in [0.25, 0.3) is 12.2 Å². The smallest absolute Gasteiger partial charge is 0.422 e. The molecule has 0 aliphatic carbocycles. The number of nitrogens with zero attached hydrogens (tertiary/aromatic N) is 2. The Bertz CT molecular complexity index is 1360. The average Bonchev–Trinajstić information content (AvgIpc) is 3.46. The summed E-state index contributed by atoms with van der Waals surface area (Å²) < 4.78 is 24.4. The van der Waals surface area contributed by atoms with Gasteiger partial charge in [0.15, 0.2) is 17.3 Å². The fourth-order valence-corrected chi connectivity index (χ4v) is 4.07. The van der Waals surface area contributed by atoms with Crippen LogP contribution < -0.4 is 15.2 Å². The number of ether oxygens (including phenoxy) is 2. The van der Waals surface area contributed by atoms with E-state index in [1.54, 1.807) is 6.26 Å². The summed E-state index contributed by atoms with van der Waals surface area (Å²) in [6, 6.07) is 15.6. The molecule has 4 aromatic rings. The maximum atomic E-state index is 11.9. The van der Waals surface area contributed by atoms with Crippen LogP contribution in [0.1, 0.15) is 35.4 Å². The fourth-order valence-electron chi connectivity index (χ4n) is 3.59. The van der Waals surface area contributed by atoms with E-state index in [2.05, 4.69) is 27.6 Å². The number of aryl methyl sites for hydroxylation is 2. The van der Waals surface area contributed by atoms with Gasteiger partial charge in [-0.05, 0) is 42.7 Å². The summed E-state index contributed by atoms with van der Waals surface area (Å²) in [5.74, 6) is 1.34. The second kappa shape index (κ2) is 12.5. The van der Waals surface area contributed by atoms with Gasteiger partial charge in [0.1, 0.15) is 18.6 Å². The van der Waals surface area contributed by atoms with Crippen molar-refractivity contribution in [2.45, 2.75) is 32.9 Å². The Kier molecular flexibility index (Phi) is 8.88. The zero-order chi connectivity index (χ0) is 25.3. The Morgan fingerprint density at radius 3 is 2.69 bits per heavy atom. The first-order valence-electron chi connectivity index (χ1n) is 11.6. The molecular formula is C27H27IN2O6. The van der Waals surface area contributed by atoms with Crippen LogP contribution in [0.15, 0.2) is 68.4 Å². The van der Waals surface area contributed by atoms with E-state index in [-0.39, 0.29) is 18.2 Å². The summed E-state index contributed by atoms with van der Waals surface area (Å²) in [5.41, 5.74) is 2.69. The third-order valence-corrected chi connectivity index (χ3v) is 5.84. The molecule has 2 heterocycles. The van der Waals surface area contributed by atoms with Crippen LogP contribution in [0.3, 0.4) is 0 Å². The molecule has 2 aromatic heterocycles. The van der Waals surface area contributed by atoms with E-state index in [9.17, 15) is 9.90 Å². The zero-order valence-electron chi connectivity index (χ0n) is 19.9. The van der Waals surface area contributed by atoms with Gasteiger partial charge < -0.3 is 23.4 Å². The number of aromatic nitrogens is 2. The molecule has 0 aliphatic rings. The number of alkyl halides is 1. The topological polar surface area (TPSA) is 99.9 Å². The molecule has 36 heavy (non-hydrogen) atoms. The second-order valence-corrected chi connectivity index (χ2v) is 8.96. The molecule has 0 spiro atoms. The van der Waals surface area contributed by atoms with E-state index in [1.807, 2.05) is 67.6 Å². The van der Waals surface area contributed by atoms with Crippen molar-refractivity contribution in [1.29, 1.82) is 0 Å². The highest BCUT2D eigenvalue weighted by atomic mass is 127. The van der Waals surface area contributed by atoms with Gasteiger partial charge in [-0.3, -0.25) is 0 Å². The van der Waals surface area contributed by atoms with Gasteiger partial charge in [0.25, 0.3) is 0 Å². The monoisotopic (exact) mass is 602 g/mol. The largest absolute Gasteiger partial charge is 0.492 e. The Morgan fingerprint density at radius 1 is 1.08 bits per heavy atom. The molecular weight excluding hydrogens is 575 g/mol. The normalized spacial score (nSPS) is 11.3. The number of rotatable bonds is 12. The van der Waals surface area contributed by atoms with E-state index in [0.717, 1.165) is 11.1 Å². The van der Waals surface area contributed by atoms with E-state index >= 15 is 0 Å².